The maximum absolute atomic E-state index is 10.1. The maximum atomic E-state index is 10.1. The number of hydrogen-bond acceptors (Lipinski definition) is 3. The van der Waals surface area contributed by atoms with Crippen LogP contribution in [0.2, 0.25) is 0 Å². The summed E-state index contributed by atoms with van der Waals surface area (Å²) >= 11 is 0. The first-order valence-electron chi connectivity index (χ1n) is 16.9. The summed E-state index contributed by atoms with van der Waals surface area (Å²) in [5.41, 5.74) is 4.87. The van der Waals surface area contributed by atoms with E-state index < -0.39 is 0 Å². The Morgan fingerprint density at radius 1 is 0.634 bits per heavy atom. The minimum Gasteiger partial charge on any atom is -0.511 e. The Hall–Kier alpha value is -1.90. The summed E-state index contributed by atoms with van der Waals surface area (Å²) in [6.45, 7) is 32.6. The molecule has 0 aromatic rings. The number of nitrogens with one attached hydrogen (secondary N) is 2. The number of unbranched alkanes of at least 4 members (excludes halogenated alkanes) is 12. The summed E-state index contributed by atoms with van der Waals surface area (Å²) in [6, 6.07) is -0.170. The van der Waals surface area contributed by atoms with Crippen molar-refractivity contribution in [1.82, 2.24) is 10.6 Å². The summed E-state index contributed by atoms with van der Waals surface area (Å²) in [7, 11) is 0. The first kappa shape index (κ1) is 39.1. The molecule has 0 bridgehead atoms. The molecule has 0 heterocycles. The van der Waals surface area contributed by atoms with Gasteiger partial charge in [0.05, 0.1) is 6.04 Å². The van der Waals surface area contributed by atoms with Gasteiger partial charge in [-0.25, -0.2) is 0 Å². The highest BCUT2D eigenvalue weighted by atomic mass is 16.3. The quantitative estimate of drug-likeness (QED) is 0.0498. The van der Waals surface area contributed by atoms with Gasteiger partial charge in [-0.05, 0) is 69.6 Å². The van der Waals surface area contributed by atoms with Crippen LogP contribution in [0.1, 0.15) is 157 Å². The lowest BCUT2D eigenvalue weighted by Crippen LogP contribution is -2.30. The molecule has 3 nitrogen and oxygen atoms in total. The van der Waals surface area contributed by atoms with Gasteiger partial charge < -0.3 is 15.7 Å². The smallest absolute Gasteiger partial charge is 0.107 e. The number of aliphatic hydroxyl groups is 1. The highest BCUT2D eigenvalue weighted by Gasteiger charge is 2.19. The van der Waals surface area contributed by atoms with Gasteiger partial charge >= 0.3 is 0 Å². The van der Waals surface area contributed by atoms with E-state index >= 15 is 0 Å². The van der Waals surface area contributed by atoms with Gasteiger partial charge in [0.2, 0.25) is 0 Å². The van der Waals surface area contributed by atoms with Crippen LogP contribution in [-0.4, -0.2) is 17.7 Å². The maximum Gasteiger partial charge on any atom is 0.107 e. The predicted octanol–water partition coefficient (Wildman–Crippen LogP) is 11.9. The first-order valence-corrected chi connectivity index (χ1v) is 16.9. The van der Waals surface area contributed by atoms with Crippen LogP contribution in [0, 0.1) is 11.3 Å². The summed E-state index contributed by atoms with van der Waals surface area (Å²) in [4.78, 5) is 0. The zero-order valence-electron chi connectivity index (χ0n) is 28.3. The van der Waals surface area contributed by atoms with Crippen molar-refractivity contribution in [2.45, 2.75) is 163 Å². The molecule has 0 aliphatic rings. The van der Waals surface area contributed by atoms with E-state index in [1.165, 1.54) is 101 Å². The molecule has 2 atom stereocenters. The number of rotatable bonds is 28. The molecule has 3 heteroatoms. The Morgan fingerprint density at radius 3 is 1.59 bits per heavy atom. The topological polar surface area (TPSA) is 44.3 Å². The summed E-state index contributed by atoms with van der Waals surface area (Å²) in [6.07, 6.45) is 23.2. The highest BCUT2D eigenvalue weighted by molar-refractivity contribution is 5.08. The molecule has 0 spiro atoms. The van der Waals surface area contributed by atoms with Crippen LogP contribution in [0.25, 0.3) is 0 Å². The molecule has 0 aromatic carbocycles. The molecule has 0 radical (unpaired) electrons. The standard InChI is InChI=1S/C38H70N2O/c1-31(2)25-21-19-17-15-13-11-12-14-16-18-20-22-27-34(5)40-37(36(7)41)29-28-33(4)39-30-24-23-26-32(3)35(6)38(8,9)10/h32,37,39-41H,1,4-7,11-30H2,2-3,8-10H3. The van der Waals surface area contributed by atoms with Crippen molar-refractivity contribution in [3.63, 3.8) is 0 Å². The van der Waals surface area contributed by atoms with Gasteiger partial charge in [0.1, 0.15) is 5.76 Å². The lowest BCUT2D eigenvalue weighted by molar-refractivity contribution is 0.340. The highest BCUT2D eigenvalue weighted by Crippen LogP contribution is 2.32. The third kappa shape index (κ3) is 23.4. The van der Waals surface area contributed by atoms with E-state index in [1.54, 1.807) is 0 Å². The van der Waals surface area contributed by atoms with Crippen molar-refractivity contribution in [3.8, 4) is 0 Å². The van der Waals surface area contributed by atoms with Gasteiger partial charge in [-0.2, -0.15) is 0 Å². The van der Waals surface area contributed by atoms with Crippen molar-refractivity contribution in [1.29, 1.82) is 0 Å². The van der Waals surface area contributed by atoms with E-state index in [0.717, 1.165) is 50.0 Å². The molecule has 0 fully saturated rings. The molecule has 0 aliphatic carbocycles. The molecule has 3 N–H and O–H groups in total. The van der Waals surface area contributed by atoms with Gasteiger partial charge in [0.15, 0.2) is 0 Å². The average Bonchev–Trinajstić information content (AvgIpc) is 2.89. The van der Waals surface area contributed by atoms with Gasteiger partial charge in [-0.1, -0.05) is 136 Å². The van der Waals surface area contributed by atoms with Crippen molar-refractivity contribution < 1.29 is 5.11 Å². The van der Waals surface area contributed by atoms with Crippen LogP contribution >= 0.6 is 0 Å². The fourth-order valence-corrected chi connectivity index (χ4v) is 5.33. The minimum absolute atomic E-state index is 0.170. The molecule has 0 rings (SSSR count). The number of allylic oxidation sites excluding steroid dienone is 4. The van der Waals surface area contributed by atoms with Crippen LogP contribution in [0.5, 0.6) is 0 Å². The van der Waals surface area contributed by atoms with E-state index in [-0.39, 0.29) is 17.2 Å². The zero-order chi connectivity index (χ0) is 31.1. The van der Waals surface area contributed by atoms with Crippen molar-refractivity contribution in [2.75, 3.05) is 6.54 Å². The fraction of sp³-hybridized carbons (Fsp3) is 0.737. The first-order chi connectivity index (χ1) is 19.3. The molecule has 0 saturated heterocycles. The van der Waals surface area contributed by atoms with Crippen LogP contribution in [0.3, 0.4) is 0 Å². The third-order valence-corrected chi connectivity index (χ3v) is 8.34. The Labute approximate surface area is 257 Å². The average molecular weight is 571 g/mol. The van der Waals surface area contributed by atoms with Crippen LogP contribution < -0.4 is 10.6 Å². The van der Waals surface area contributed by atoms with E-state index in [9.17, 15) is 5.11 Å². The largest absolute Gasteiger partial charge is 0.511 e. The Kier molecular flexibility index (Phi) is 22.5. The second kappa shape index (κ2) is 23.6. The third-order valence-electron chi connectivity index (χ3n) is 8.34. The van der Waals surface area contributed by atoms with Gasteiger partial charge in [-0.3, -0.25) is 0 Å². The zero-order valence-corrected chi connectivity index (χ0v) is 28.3. The van der Waals surface area contributed by atoms with E-state index in [2.05, 4.69) is 78.1 Å². The Bertz CT molecular complexity index is 757. The Morgan fingerprint density at radius 2 is 1.12 bits per heavy atom. The fourth-order valence-electron chi connectivity index (χ4n) is 5.33. The minimum atomic E-state index is -0.170. The van der Waals surface area contributed by atoms with E-state index in [4.69, 9.17) is 0 Å². The van der Waals surface area contributed by atoms with E-state index in [0.29, 0.717) is 5.92 Å². The molecule has 238 valence electrons. The number of aliphatic hydroxyl groups excluding tert-OH is 1. The van der Waals surface area contributed by atoms with Crippen molar-refractivity contribution in [2.24, 2.45) is 11.3 Å². The number of hydrogen-bond donors (Lipinski definition) is 3. The molecule has 0 aromatic heterocycles. The predicted molar refractivity (Wildman–Crippen MR) is 185 cm³/mol. The second-order valence-corrected chi connectivity index (χ2v) is 13.7. The second-order valence-electron chi connectivity index (χ2n) is 13.7. The summed E-state index contributed by atoms with van der Waals surface area (Å²) in [5.74, 6) is 0.736. The van der Waals surface area contributed by atoms with Crippen LogP contribution in [0.4, 0.5) is 0 Å². The summed E-state index contributed by atoms with van der Waals surface area (Å²) < 4.78 is 0. The van der Waals surface area contributed by atoms with Gasteiger partial charge in [-0.15, -0.1) is 6.58 Å². The molecule has 2 unspecified atom stereocenters. The van der Waals surface area contributed by atoms with Crippen molar-refractivity contribution >= 4 is 0 Å². The molecule has 0 amide bonds. The van der Waals surface area contributed by atoms with Crippen LogP contribution in [-0.2, 0) is 0 Å². The SMILES string of the molecule is C=C(C)CCCCCCCCCCCCCCC(=C)NC(CCC(=C)NCCCCC(C)C(=C)C(C)(C)C)C(=C)O. The lowest BCUT2D eigenvalue weighted by Gasteiger charge is -2.27. The molecule has 0 aliphatic heterocycles. The van der Waals surface area contributed by atoms with E-state index in [1.807, 2.05) is 0 Å². The normalized spacial score (nSPS) is 12.9. The molecular weight excluding hydrogens is 500 g/mol. The Balaban J connectivity index is 3.84. The van der Waals surface area contributed by atoms with Crippen LogP contribution in [0.15, 0.2) is 61.2 Å². The van der Waals surface area contributed by atoms with Gasteiger partial charge in [0, 0.05) is 17.9 Å². The molecular formula is C38H70N2O. The molecule has 0 saturated carbocycles. The lowest BCUT2D eigenvalue weighted by atomic mass is 9.79. The monoisotopic (exact) mass is 571 g/mol. The van der Waals surface area contributed by atoms with Gasteiger partial charge in [0.25, 0.3) is 0 Å². The molecule has 41 heavy (non-hydrogen) atoms. The van der Waals surface area contributed by atoms with Crippen molar-refractivity contribution in [3.05, 3.63) is 61.2 Å². The summed E-state index contributed by atoms with van der Waals surface area (Å²) in [5, 5.41) is 17.0.